The van der Waals surface area contributed by atoms with Crippen LogP contribution in [0.15, 0.2) is 45.7 Å². The van der Waals surface area contributed by atoms with Gasteiger partial charge in [0.1, 0.15) is 0 Å². The van der Waals surface area contributed by atoms with E-state index in [4.69, 9.17) is 4.52 Å². The van der Waals surface area contributed by atoms with Crippen molar-refractivity contribution in [2.45, 2.75) is 59.4 Å². The summed E-state index contributed by atoms with van der Waals surface area (Å²) >= 11 is 0. The fraction of sp³-hybridized carbons (Fsp3) is 0.391. The smallest absolute Gasteiger partial charge is 0.262 e. The van der Waals surface area contributed by atoms with Crippen LogP contribution in [-0.4, -0.2) is 20.6 Å². The Morgan fingerprint density at radius 3 is 2.43 bits per heavy atom. The monoisotopic (exact) mass is 408 g/mol. The van der Waals surface area contributed by atoms with Crippen LogP contribution < -0.4 is 10.9 Å². The van der Waals surface area contributed by atoms with Crippen LogP contribution in [0.2, 0.25) is 0 Å². The molecular formula is C23H28N4O3. The maximum absolute atomic E-state index is 12.8. The van der Waals surface area contributed by atoms with Crippen molar-refractivity contribution in [3.05, 3.63) is 63.9 Å². The number of benzene rings is 1. The second kappa shape index (κ2) is 9.07. The van der Waals surface area contributed by atoms with Crippen molar-refractivity contribution in [1.29, 1.82) is 0 Å². The van der Waals surface area contributed by atoms with Crippen LogP contribution in [-0.2, 0) is 11.2 Å². The highest BCUT2D eigenvalue weighted by Gasteiger charge is 2.16. The zero-order valence-electron chi connectivity index (χ0n) is 18.1. The zero-order chi connectivity index (χ0) is 21.8. The molecular weight excluding hydrogens is 380 g/mol. The van der Waals surface area contributed by atoms with Gasteiger partial charge in [0.25, 0.3) is 5.56 Å². The molecule has 2 heterocycles. The summed E-state index contributed by atoms with van der Waals surface area (Å²) < 4.78 is 6.96. The molecule has 158 valence electrons. The summed E-state index contributed by atoms with van der Waals surface area (Å²) in [7, 11) is 0. The van der Waals surface area contributed by atoms with Crippen LogP contribution in [0.5, 0.6) is 0 Å². The molecule has 3 rings (SSSR count). The van der Waals surface area contributed by atoms with Gasteiger partial charge in [0.15, 0.2) is 0 Å². The minimum absolute atomic E-state index is 0.0297. The zero-order valence-corrected chi connectivity index (χ0v) is 18.1. The van der Waals surface area contributed by atoms with Gasteiger partial charge in [-0.1, -0.05) is 31.1 Å². The highest BCUT2D eigenvalue weighted by Crippen LogP contribution is 2.18. The highest BCUT2D eigenvalue weighted by molar-refractivity contribution is 5.90. The van der Waals surface area contributed by atoms with Crippen molar-refractivity contribution in [1.82, 2.24) is 14.7 Å². The molecule has 7 heteroatoms. The standard InChI is InChI=1S/C23H28N4O3/c1-14(2)17-7-9-18(10-8-17)24-20(28)12-13-21-25-22(26-30-21)19-11-6-16(5)27(15(3)4)23(19)29/h6-11,14-15H,12-13H2,1-5H3,(H,24,28). The van der Waals surface area contributed by atoms with Gasteiger partial charge in [0, 0.05) is 30.3 Å². The number of aryl methyl sites for hydroxylation is 2. The third-order valence-corrected chi connectivity index (χ3v) is 4.97. The van der Waals surface area contributed by atoms with E-state index >= 15 is 0 Å². The molecule has 0 unspecified atom stereocenters. The first-order valence-electron chi connectivity index (χ1n) is 10.2. The Hall–Kier alpha value is -3.22. The third kappa shape index (κ3) is 4.84. The predicted octanol–water partition coefficient (Wildman–Crippen LogP) is 4.48. The van der Waals surface area contributed by atoms with E-state index in [1.807, 2.05) is 51.1 Å². The SMILES string of the molecule is Cc1ccc(-c2noc(CCC(=O)Nc3ccc(C(C)C)cc3)n2)c(=O)n1C(C)C. The summed E-state index contributed by atoms with van der Waals surface area (Å²) in [6.07, 6.45) is 0.505. The number of aromatic nitrogens is 3. The molecule has 0 radical (unpaired) electrons. The molecule has 0 fully saturated rings. The van der Waals surface area contributed by atoms with E-state index < -0.39 is 0 Å². The minimum Gasteiger partial charge on any atom is -0.339 e. The first-order chi connectivity index (χ1) is 14.3. The van der Waals surface area contributed by atoms with E-state index in [2.05, 4.69) is 29.3 Å². The first-order valence-corrected chi connectivity index (χ1v) is 10.2. The highest BCUT2D eigenvalue weighted by atomic mass is 16.5. The average Bonchev–Trinajstić information content (AvgIpc) is 3.15. The maximum Gasteiger partial charge on any atom is 0.262 e. The Kier molecular flexibility index (Phi) is 6.50. The Balaban J connectivity index is 1.64. The number of nitrogens with zero attached hydrogens (tertiary/aromatic N) is 3. The van der Waals surface area contributed by atoms with Crippen molar-refractivity contribution >= 4 is 11.6 Å². The van der Waals surface area contributed by atoms with E-state index in [1.54, 1.807) is 10.6 Å². The molecule has 0 bridgehead atoms. The molecule has 1 N–H and O–H groups in total. The predicted molar refractivity (Wildman–Crippen MR) is 117 cm³/mol. The summed E-state index contributed by atoms with van der Waals surface area (Å²) in [5.41, 5.74) is 3.09. The minimum atomic E-state index is -0.153. The van der Waals surface area contributed by atoms with Gasteiger partial charge < -0.3 is 14.4 Å². The number of carbonyl (C=O) groups is 1. The second-order valence-electron chi connectivity index (χ2n) is 7.99. The molecule has 1 aromatic carbocycles. The molecule has 1 amide bonds. The molecule has 3 aromatic rings. The second-order valence-corrected chi connectivity index (χ2v) is 7.99. The number of nitrogens with one attached hydrogen (secondary N) is 1. The summed E-state index contributed by atoms with van der Waals surface area (Å²) in [6, 6.07) is 11.4. The third-order valence-electron chi connectivity index (χ3n) is 4.97. The lowest BCUT2D eigenvalue weighted by molar-refractivity contribution is -0.116. The van der Waals surface area contributed by atoms with Crippen molar-refractivity contribution in [2.24, 2.45) is 0 Å². The van der Waals surface area contributed by atoms with Crippen LogP contribution in [0, 0.1) is 6.92 Å². The van der Waals surface area contributed by atoms with Crippen LogP contribution in [0.4, 0.5) is 5.69 Å². The fourth-order valence-corrected chi connectivity index (χ4v) is 3.32. The van der Waals surface area contributed by atoms with Gasteiger partial charge in [-0.05, 0) is 56.5 Å². The Morgan fingerprint density at radius 2 is 1.80 bits per heavy atom. The fourth-order valence-electron chi connectivity index (χ4n) is 3.32. The lowest BCUT2D eigenvalue weighted by atomic mass is 10.0. The van der Waals surface area contributed by atoms with Crippen LogP contribution in [0.1, 0.15) is 63.2 Å². The van der Waals surface area contributed by atoms with E-state index in [1.165, 1.54) is 5.56 Å². The molecule has 2 aromatic heterocycles. The average molecular weight is 409 g/mol. The first kappa shape index (κ1) is 21.5. The maximum atomic E-state index is 12.8. The number of hydrogen-bond acceptors (Lipinski definition) is 5. The number of hydrogen-bond donors (Lipinski definition) is 1. The van der Waals surface area contributed by atoms with Crippen LogP contribution >= 0.6 is 0 Å². The number of rotatable bonds is 7. The van der Waals surface area contributed by atoms with Crippen molar-refractivity contribution in [2.75, 3.05) is 5.32 Å². The van der Waals surface area contributed by atoms with E-state index in [-0.39, 0.29) is 29.8 Å². The van der Waals surface area contributed by atoms with Gasteiger partial charge in [0.2, 0.25) is 17.6 Å². The van der Waals surface area contributed by atoms with Gasteiger partial charge in [-0.3, -0.25) is 9.59 Å². The number of pyridine rings is 1. The van der Waals surface area contributed by atoms with Crippen molar-refractivity contribution in [3.63, 3.8) is 0 Å². The van der Waals surface area contributed by atoms with Crippen molar-refractivity contribution in [3.8, 4) is 11.4 Å². The molecule has 0 atom stereocenters. The lowest BCUT2D eigenvalue weighted by Crippen LogP contribution is -2.25. The van der Waals surface area contributed by atoms with Crippen LogP contribution in [0.25, 0.3) is 11.4 Å². The van der Waals surface area contributed by atoms with Crippen molar-refractivity contribution < 1.29 is 9.32 Å². The van der Waals surface area contributed by atoms with E-state index in [0.717, 1.165) is 11.4 Å². The van der Waals surface area contributed by atoms with Gasteiger partial charge in [-0.15, -0.1) is 0 Å². The Morgan fingerprint density at radius 1 is 1.10 bits per heavy atom. The number of amides is 1. The summed E-state index contributed by atoms with van der Waals surface area (Å²) in [4.78, 5) is 29.3. The molecule has 7 nitrogen and oxygen atoms in total. The summed E-state index contributed by atoms with van der Waals surface area (Å²) in [6.45, 7) is 10.0. The summed E-state index contributed by atoms with van der Waals surface area (Å²) in [5, 5.41) is 6.80. The summed E-state index contributed by atoms with van der Waals surface area (Å²) in [5.74, 6) is 0.879. The Labute approximate surface area is 176 Å². The molecule has 30 heavy (non-hydrogen) atoms. The van der Waals surface area contributed by atoms with E-state index in [9.17, 15) is 9.59 Å². The van der Waals surface area contributed by atoms with Crippen LogP contribution in [0.3, 0.4) is 0 Å². The van der Waals surface area contributed by atoms with Gasteiger partial charge in [0.05, 0.1) is 5.56 Å². The largest absolute Gasteiger partial charge is 0.339 e. The topological polar surface area (TPSA) is 90.0 Å². The number of anilines is 1. The van der Waals surface area contributed by atoms with E-state index in [0.29, 0.717) is 23.8 Å². The molecule has 0 aliphatic rings. The molecule has 0 saturated carbocycles. The molecule has 0 saturated heterocycles. The van der Waals surface area contributed by atoms with Gasteiger partial charge >= 0.3 is 0 Å². The normalized spacial score (nSPS) is 11.3. The molecule has 0 aliphatic heterocycles. The van der Waals surface area contributed by atoms with Gasteiger partial charge in [-0.2, -0.15) is 4.98 Å². The molecule has 0 aliphatic carbocycles. The molecule has 0 spiro atoms. The van der Waals surface area contributed by atoms with Gasteiger partial charge in [-0.25, -0.2) is 0 Å². The Bertz CT molecular complexity index is 1080. The lowest BCUT2D eigenvalue weighted by Gasteiger charge is -2.14. The number of carbonyl (C=O) groups excluding carboxylic acids is 1. The quantitative estimate of drug-likeness (QED) is 0.622.